The number of benzene rings is 2. The van der Waals surface area contributed by atoms with Gasteiger partial charge in [-0.15, -0.1) is 10.2 Å². The zero-order valence-electron chi connectivity index (χ0n) is 15.7. The molecule has 30 heavy (non-hydrogen) atoms. The molecule has 0 aliphatic carbocycles. The Hall–Kier alpha value is -3.65. The first-order valence-corrected chi connectivity index (χ1v) is 9.34. The van der Waals surface area contributed by atoms with Crippen molar-refractivity contribution < 1.29 is 22.8 Å². The molecule has 0 aliphatic heterocycles. The Morgan fingerprint density at radius 3 is 2.77 bits per heavy atom. The maximum absolute atomic E-state index is 14.4. The van der Waals surface area contributed by atoms with Crippen LogP contribution in [0.5, 0.6) is 5.75 Å². The van der Waals surface area contributed by atoms with Gasteiger partial charge < -0.3 is 18.9 Å². The summed E-state index contributed by atoms with van der Waals surface area (Å²) < 4.78 is 30.6. The van der Waals surface area contributed by atoms with E-state index in [1.54, 1.807) is 24.3 Å². The van der Waals surface area contributed by atoms with Crippen molar-refractivity contribution in [2.75, 3.05) is 11.9 Å². The fourth-order valence-electron chi connectivity index (χ4n) is 2.76. The summed E-state index contributed by atoms with van der Waals surface area (Å²) in [4.78, 5) is 12.7. The number of carbonyl (C=O) groups is 1. The molecule has 0 saturated carbocycles. The smallest absolute Gasteiger partial charge is 0.283 e. The number of anilines is 1. The number of carbonyl (C=O) groups excluding carboxylic acids is 1. The van der Waals surface area contributed by atoms with Crippen LogP contribution in [-0.4, -0.2) is 22.7 Å². The number of rotatable bonds is 6. The molecule has 1 N–H and O–H groups in total. The van der Waals surface area contributed by atoms with Crippen molar-refractivity contribution in [3.8, 4) is 28.9 Å². The van der Waals surface area contributed by atoms with Crippen molar-refractivity contribution in [2.45, 2.75) is 6.92 Å². The Morgan fingerprint density at radius 2 is 2.00 bits per heavy atom. The lowest BCUT2D eigenvalue weighted by Gasteiger charge is -2.11. The molecule has 0 radical (unpaired) electrons. The molecule has 2 aromatic heterocycles. The van der Waals surface area contributed by atoms with Gasteiger partial charge in [0.1, 0.15) is 11.6 Å². The molecule has 0 saturated heterocycles. The van der Waals surface area contributed by atoms with Crippen LogP contribution in [-0.2, 0) is 0 Å². The molecule has 0 aliphatic rings. The number of aromatic nitrogens is 2. The summed E-state index contributed by atoms with van der Waals surface area (Å²) in [5, 5.41) is 10.8. The normalized spacial score (nSPS) is 10.8. The standard InChI is InChI=1S/C21H15ClFN3O4/c1-2-28-17-8-5-12(22)10-15(17)19(27)24-13-6-7-16(23)14(11-13)20-25-26-21(30-20)18-4-3-9-29-18/h3-11H,2H2,1H3,(H,24,27). The Kier molecular flexibility index (Phi) is 5.49. The second-order valence-electron chi connectivity index (χ2n) is 6.11. The van der Waals surface area contributed by atoms with Crippen LogP contribution in [0.4, 0.5) is 10.1 Å². The molecule has 0 spiro atoms. The molecular formula is C21H15ClFN3O4. The molecular weight excluding hydrogens is 413 g/mol. The fourth-order valence-corrected chi connectivity index (χ4v) is 2.93. The molecule has 2 aromatic carbocycles. The van der Waals surface area contributed by atoms with Crippen molar-refractivity contribution in [2.24, 2.45) is 0 Å². The molecule has 2 heterocycles. The van der Waals surface area contributed by atoms with Crippen LogP contribution < -0.4 is 10.1 Å². The largest absolute Gasteiger partial charge is 0.493 e. The Morgan fingerprint density at radius 1 is 1.17 bits per heavy atom. The van der Waals surface area contributed by atoms with Crippen LogP contribution in [0, 0.1) is 5.82 Å². The summed E-state index contributed by atoms with van der Waals surface area (Å²) in [6, 6.07) is 12.1. The highest BCUT2D eigenvalue weighted by Gasteiger charge is 2.18. The van der Waals surface area contributed by atoms with Crippen LogP contribution in [0.15, 0.2) is 63.6 Å². The minimum absolute atomic E-state index is 0.0363. The number of halogens is 2. The lowest BCUT2D eigenvalue weighted by Crippen LogP contribution is -2.14. The number of nitrogens with one attached hydrogen (secondary N) is 1. The topological polar surface area (TPSA) is 90.4 Å². The average Bonchev–Trinajstić information content (AvgIpc) is 3.42. The molecule has 4 rings (SSSR count). The maximum Gasteiger partial charge on any atom is 0.283 e. The predicted octanol–water partition coefficient (Wildman–Crippen LogP) is 5.44. The van der Waals surface area contributed by atoms with Gasteiger partial charge in [-0.2, -0.15) is 0 Å². The van der Waals surface area contributed by atoms with E-state index in [1.165, 1.54) is 30.5 Å². The van der Waals surface area contributed by atoms with Crippen molar-refractivity contribution in [3.05, 3.63) is 71.2 Å². The van der Waals surface area contributed by atoms with Gasteiger partial charge in [-0.05, 0) is 55.5 Å². The lowest BCUT2D eigenvalue weighted by atomic mass is 10.1. The maximum atomic E-state index is 14.4. The first kappa shape index (κ1) is 19.7. The van der Waals surface area contributed by atoms with Crippen LogP contribution in [0.2, 0.25) is 5.02 Å². The molecule has 1 amide bonds. The number of furan rings is 1. The van der Waals surface area contributed by atoms with Gasteiger partial charge in [-0.3, -0.25) is 4.79 Å². The third-order valence-electron chi connectivity index (χ3n) is 4.10. The third-order valence-corrected chi connectivity index (χ3v) is 4.33. The van der Waals surface area contributed by atoms with Gasteiger partial charge in [0.05, 0.1) is 24.0 Å². The SMILES string of the molecule is CCOc1ccc(Cl)cc1C(=O)Nc1ccc(F)c(-c2nnc(-c3ccco3)o2)c1. The Bertz CT molecular complexity index is 1190. The van der Waals surface area contributed by atoms with Crippen LogP contribution in [0.25, 0.3) is 23.1 Å². The number of nitrogens with zero attached hydrogens (tertiary/aromatic N) is 2. The zero-order valence-corrected chi connectivity index (χ0v) is 16.4. The second kappa shape index (κ2) is 8.38. The van der Waals surface area contributed by atoms with E-state index in [1.807, 2.05) is 6.92 Å². The van der Waals surface area contributed by atoms with E-state index in [4.69, 9.17) is 25.2 Å². The van der Waals surface area contributed by atoms with Gasteiger partial charge in [-0.1, -0.05) is 11.6 Å². The van der Waals surface area contributed by atoms with E-state index in [0.717, 1.165) is 0 Å². The summed E-state index contributed by atoms with van der Waals surface area (Å²) in [5.74, 6) is -0.220. The molecule has 0 fully saturated rings. The molecule has 0 unspecified atom stereocenters. The Labute approximate surface area is 175 Å². The van der Waals surface area contributed by atoms with E-state index in [9.17, 15) is 9.18 Å². The third kappa shape index (κ3) is 4.04. The van der Waals surface area contributed by atoms with Gasteiger partial charge in [0.2, 0.25) is 0 Å². The monoisotopic (exact) mass is 427 g/mol. The number of amides is 1. The van der Waals surface area contributed by atoms with E-state index >= 15 is 0 Å². The quantitative estimate of drug-likeness (QED) is 0.440. The molecule has 0 atom stereocenters. The minimum atomic E-state index is -0.583. The van der Waals surface area contributed by atoms with Gasteiger partial charge in [-0.25, -0.2) is 4.39 Å². The van der Waals surface area contributed by atoms with Crippen molar-refractivity contribution in [1.29, 1.82) is 0 Å². The second-order valence-corrected chi connectivity index (χ2v) is 6.55. The minimum Gasteiger partial charge on any atom is -0.493 e. The zero-order chi connectivity index (χ0) is 21.1. The van der Waals surface area contributed by atoms with Gasteiger partial charge in [0.25, 0.3) is 17.7 Å². The number of hydrogen-bond acceptors (Lipinski definition) is 6. The van der Waals surface area contributed by atoms with Crippen LogP contribution in [0.1, 0.15) is 17.3 Å². The molecule has 4 aromatic rings. The first-order chi connectivity index (χ1) is 14.5. The summed E-state index contributed by atoms with van der Waals surface area (Å²) in [5.41, 5.74) is 0.624. The summed E-state index contributed by atoms with van der Waals surface area (Å²) in [7, 11) is 0. The van der Waals surface area contributed by atoms with Gasteiger partial charge in [0.15, 0.2) is 5.76 Å². The Balaban J connectivity index is 1.61. The van der Waals surface area contributed by atoms with Crippen molar-refractivity contribution in [1.82, 2.24) is 10.2 Å². The number of ether oxygens (including phenoxy) is 1. The van der Waals surface area contributed by atoms with E-state index in [2.05, 4.69) is 15.5 Å². The molecule has 9 heteroatoms. The molecule has 0 bridgehead atoms. The fraction of sp³-hybridized carbons (Fsp3) is 0.0952. The highest BCUT2D eigenvalue weighted by atomic mass is 35.5. The van der Waals surface area contributed by atoms with Crippen LogP contribution >= 0.6 is 11.6 Å². The molecule has 152 valence electrons. The van der Waals surface area contributed by atoms with Gasteiger partial charge in [0, 0.05) is 10.7 Å². The predicted molar refractivity (Wildman–Crippen MR) is 108 cm³/mol. The van der Waals surface area contributed by atoms with Gasteiger partial charge >= 0.3 is 0 Å². The lowest BCUT2D eigenvalue weighted by molar-refractivity contribution is 0.102. The van der Waals surface area contributed by atoms with Crippen molar-refractivity contribution >= 4 is 23.2 Å². The van der Waals surface area contributed by atoms with E-state index in [-0.39, 0.29) is 22.9 Å². The van der Waals surface area contributed by atoms with E-state index in [0.29, 0.717) is 28.8 Å². The summed E-state index contributed by atoms with van der Waals surface area (Å²) in [6.45, 7) is 2.20. The van der Waals surface area contributed by atoms with E-state index < -0.39 is 11.7 Å². The molecule has 7 nitrogen and oxygen atoms in total. The summed E-state index contributed by atoms with van der Waals surface area (Å²) in [6.07, 6.45) is 1.46. The number of hydrogen-bond donors (Lipinski definition) is 1. The summed E-state index contributed by atoms with van der Waals surface area (Å²) >= 11 is 6.01. The highest BCUT2D eigenvalue weighted by molar-refractivity contribution is 6.31. The highest BCUT2D eigenvalue weighted by Crippen LogP contribution is 2.29. The first-order valence-electron chi connectivity index (χ1n) is 8.96. The average molecular weight is 428 g/mol. The van der Waals surface area contributed by atoms with Crippen LogP contribution in [0.3, 0.4) is 0 Å². The van der Waals surface area contributed by atoms with Crippen molar-refractivity contribution in [3.63, 3.8) is 0 Å².